The van der Waals surface area contributed by atoms with Gasteiger partial charge in [-0.05, 0) is 41.9 Å². The molecular weight excluding hydrogens is 409 g/mol. The molecule has 0 radical (unpaired) electrons. The summed E-state index contributed by atoms with van der Waals surface area (Å²) in [7, 11) is 0. The number of aliphatic hydroxyl groups is 2. The number of aromatic nitrogens is 2. The maximum Gasteiger partial charge on any atom is 0.295 e. The first-order chi connectivity index (χ1) is 10.5. The van der Waals surface area contributed by atoms with Crippen LogP contribution in [0.1, 0.15) is 19.3 Å². The summed E-state index contributed by atoms with van der Waals surface area (Å²) in [4.78, 5) is 6.71. The van der Waals surface area contributed by atoms with Crippen LogP contribution in [0.4, 0.5) is 8.78 Å². The molecule has 0 saturated heterocycles. The number of aromatic amines is 1. The monoisotopic (exact) mass is 424 g/mol. The Bertz CT molecular complexity index is 694. The van der Waals surface area contributed by atoms with Gasteiger partial charge in [-0.1, -0.05) is 0 Å². The van der Waals surface area contributed by atoms with Crippen molar-refractivity contribution in [2.45, 2.75) is 31.5 Å². The Labute approximate surface area is 138 Å². The summed E-state index contributed by atoms with van der Waals surface area (Å²) in [5.41, 5.74) is 0.208. The predicted molar refractivity (Wildman–Crippen MR) is 83.6 cm³/mol. The lowest BCUT2D eigenvalue weighted by atomic mass is 9.85. The fourth-order valence-electron chi connectivity index (χ4n) is 2.79. The third-order valence-corrected chi connectivity index (χ3v) is 5.01. The van der Waals surface area contributed by atoms with E-state index in [0.717, 1.165) is 18.9 Å². The van der Waals surface area contributed by atoms with Crippen LogP contribution in [-0.4, -0.2) is 39.0 Å². The molecule has 1 heterocycles. The average Bonchev–Trinajstić information content (AvgIpc) is 2.90. The Kier molecular flexibility index (Phi) is 4.51. The first kappa shape index (κ1) is 15.9. The van der Waals surface area contributed by atoms with Gasteiger partial charge in [0.25, 0.3) is 6.01 Å². The molecule has 0 aliphatic heterocycles. The summed E-state index contributed by atoms with van der Waals surface area (Å²) < 4.78 is 33.0. The number of hydrogen-bond donors (Lipinski definition) is 3. The minimum atomic E-state index is -0.811. The zero-order valence-electron chi connectivity index (χ0n) is 11.5. The summed E-state index contributed by atoms with van der Waals surface area (Å²) in [5.74, 6) is -1.64. The van der Waals surface area contributed by atoms with Crippen molar-refractivity contribution in [3.63, 3.8) is 0 Å². The Morgan fingerprint density at radius 3 is 2.91 bits per heavy atom. The second-order valence-electron chi connectivity index (χ2n) is 5.44. The Morgan fingerprint density at radius 1 is 1.41 bits per heavy atom. The number of ether oxygens (including phenoxy) is 1. The van der Waals surface area contributed by atoms with E-state index >= 15 is 0 Å². The number of aliphatic hydroxyl groups excluding tert-OH is 2. The quantitative estimate of drug-likeness (QED) is 0.523. The normalized spacial score (nSPS) is 25.6. The fraction of sp³-hybridized carbons (Fsp3) is 0.500. The second-order valence-corrected chi connectivity index (χ2v) is 6.52. The van der Waals surface area contributed by atoms with Gasteiger partial charge in [-0.25, -0.2) is 8.78 Å². The van der Waals surface area contributed by atoms with Gasteiger partial charge in [0.15, 0.2) is 5.82 Å². The summed E-state index contributed by atoms with van der Waals surface area (Å²) >= 11 is 1.58. The molecule has 1 fully saturated rings. The van der Waals surface area contributed by atoms with Gasteiger partial charge >= 0.3 is 0 Å². The Hall–Kier alpha value is -1.00. The van der Waals surface area contributed by atoms with E-state index in [9.17, 15) is 19.0 Å². The molecule has 0 amide bonds. The third-order valence-electron chi connectivity index (χ3n) is 4.02. The van der Waals surface area contributed by atoms with Crippen molar-refractivity contribution in [1.29, 1.82) is 0 Å². The summed E-state index contributed by atoms with van der Waals surface area (Å²) in [5, 5.41) is 19.4. The SMILES string of the molecule is OC[C@H]1CCC[C@@H](Oc2nc3c(F)c(I)c(F)cc3[nH]2)[C@@H]1O. The van der Waals surface area contributed by atoms with Crippen molar-refractivity contribution >= 4 is 33.6 Å². The van der Waals surface area contributed by atoms with E-state index in [0.29, 0.717) is 6.42 Å². The van der Waals surface area contributed by atoms with Crippen molar-refractivity contribution in [2.75, 3.05) is 6.61 Å². The molecule has 3 N–H and O–H groups in total. The number of nitrogens with one attached hydrogen (secondary N) is 1. The number of rotatable bonds is 3. The molecule has 22 heavy (non-hydrogen) atoms. The zero-order chi connectivity index (χ0) is 15.9. The van der Waals surface area contributed by atoms with Gasteiger partial charge in [-0.2, -0.15) is 4.98 Å². The fourth-order valence-corrected chi connectivity index (χ4v) is 3.20. The molecule has 1 saturated carbocycles. The lowest BCUT2D eigenvalue weighted by molar-refractivity contribution is -0.0495. The molecule has 0 unspecified atom stereocenters. The minimum absolute atomic E-state index is 0.00445. The maximum absolute atomic E-state index is 14.0. The molecular formula is C14H15F2IN2O3. The van der Waals surface area contributed by atoms with Gasteiger partial charge in [-0.15, -0.1) is 0 Å². The zero-order valence-corrected chi connectivity index (χ0v) is 13.7. The number of benzene rings is 1. The Balaban J connectivity index is 1.87. The van der Waals surface area contributed by atoms with Crippen LogP contribution in [0.5, 0.6) is 6.01 Å². The average molecular weight is 424 g/mol. The topological polar surface area (TPSA) is 78.4 Å². The van der Waals surface area contributed by atoms with Gasteiger partial charge in [0.05, 0.1) is 15.2 Å². The number of hydrogen-bond acceptors (Lipinski definition) is 4. The number of halogens is 3. The largest absolute Gasteiger partial charge is 0.459 e. The number of fused-ring (bicyclic) bond motifs is 1. The number of nitrogens with zero attached hydrogens (tertiary/aromatic N) is 1. The first-order valence-electron chi connectivity index (χ1n) is 7.00. The molecule has 2 aromatic rings. The minimum Gasteiger partial charge on any atom is -0.459 e. The van der Waals surface area contributed by atoms with E-state index in [1.165, 1.54) is 0 Å². The van der Waals surface area contributed by atoms with Crippen molar-refractivity contribution in [3.05, 3.63) is 21.3 Å². The molecule has 1 aliphatic carbocycles. The van der Waals surface area contributed by atoms with Crippen LogP contribution in [-0.2, 0) is 0 Å². The number of H-pyrrole nitrogens is 1. The highest BCUT2D eigenvalue weighted by atomic mass is 127. The lowest BCUT2D eigenvalue weighted by Crippen LogP contribution is -2.42. The van der Waals surface area contributed by atoms with Gasteiger partial charge in [-0.3, -0.25) is 0 Å². The molecule has 0 bridgehead atoms. The molecule has 3 rings (SSSR count). The third kappa shape index (κ3) is 2.79. The second kappa shape index (κ2) is 6.25. The van der Waals surface area contributed by atoms with Crippen LogP contribution >= 0.6 is 22.6 Å². The molecule has 3 atom stereocenters. The van der Waals surface area contributed by atoms with E-state index in [1.807, 2.05) is 0 Å². The van der Waals surface area contributed by atoms with Crippen LogP contribution in [0.3, 0.4) is 0 Å². The van der Waals surface area contributed by atoms with Crippen LogP contribution in [0, 0.1) is 21.1 Å². The molecule has 8 heteroatoms. The van der Waals surface area contributed by atoms with E-state index in [1.54, 1.807) is 22.6 Å². The standard InChI is InChI=1S/C14H15F2IN2O3/c15-7-4-8-12(10(16)11(7)17)19-14(18-8)22-9-3-1-2-6(5-20)13(9)21/h4,6,9,13,20-21H,1-3,5H2,(H,18,19)/t6-,9-,13-/m1/s1. The van der Waals surface area contributed by atoms with Gasteiger partial charge in [0.1, 0.15) is 17.4 Å². The Morgan fingerprint density at radius 2 is 2.18 bits per heavy atom. The van der Waals surface area contributed by atoms with E-state index in [4.69, 9.17) is 4.74 Å². The van der Waals surface area contributed by atoms with Gasteiger partial charge in [0, 0.05) is 18.6 Å². The molecule has 0 spiro atoms. The van der Waals surface area contributed by atoms with Crippen molar-refractivity contribution < 1.29 is 23.7 Å². The van der Waals surface area contributed by atoms with E-state index in [-0.39, 0.29) is 33.1 Å². The number of imidazole rings is 1. The first-order valence-corrected chi connectivity index (χ1v) is 8.08. The molecule has 1 aromatic carbocycles. The van der Waals surface area contributed by atoms with Crippen LogP contribution in [0.2, 0.25) is 0 Å². The van der Waals surface area contributed by atoms with Crippen molar-refractivity contribution in [1.82, 2.24) is 9.97 Å². The summed E-state index contributed by atoms with van der Waals surface area (Å²) in [6.45, 7) is -0.112. The van der Waals surface area contributed by atoms with Crippen LogP contribution in [0.15, 0.2) is 6.07 Å². The van der Waals surface area contributed by atoms with Crippen molar-refractivity contribution in [3.8, 4) is 6.01 Å². The maximum atomic E-state index is 14.0. The van der Waals surface area contributed by atoms with E-state index < -0.39 is 23.8 Å². The van der Waals surface area contributed by atoms with Crippen LogP contribution in [0.25, 0.3) is 11.0 Å². The molecule has 120 valence electrons. The van der Waals surface area contributed by atoms with E-state index in [2.05, 4.69) is 9.97 Å². The van der Waals surface area contributed by atoms with Gasteiger partial charge in [0.2, 0.25) is 0 Å². The predicted octanol–water partition coefficient (Wildman–Crippen LogP) is 2.35. The summed E-state index contributed by atoms with van der Waals surface area (Å²) in [6, 6.07) is 1.20. The smallest absolute Gasteiger partial charge is 0.295 e. The van der Waals surface area contributed by atoms with Crippen LogP contribution < -0.4 is 4.74 Å². The molecule has 1 aromatic heterocycles. The highest BCUT2D eigenvalue weighted by molar-refractivity contribution is 14.1. The highest BCUT2D eigenvalue weighted by Gasteiger charge is 2.33. The lowest BCUT2D eigenvalue weighted by Gasteiger charge is -2.33. The van der Waals surface area contributed by atoms with Gasteiger partial charge < -0.3 is 19.9 Å². The molecule has 5 nitrogen and oxygen atoms in total. The highest BCUT2D eigenvalue weighted by Crippen LogP contribution is 2.29. The van der Waals surface area contributed by atoms with Crippen molar-refractivity contribution in [2.24, 2.45) is 5.92 Å². The summed E-state index contributed by atoms with van der Waals surface area (Å²) in [6.07, 6.45) is 0.819. The molecule has 1 aliphatic rings.